The van der Waals surface area contributed by atoms with Crippen LogP contribution in [0.2, 0.25) is 0 Å². The van der Waals surface area contributed by atoms with E-state index in [0.717, 1.165) is 18.9 Å². The third-order valence-corrected chi connectivity index (χ3v) is 2.21. The van der Waals surface area contributed by atoms with Crippen molar-refractivity contribution in [1.82, 2.24) is 0 Å². The number of hydrogen-bond donors (Lipinski definition) is 0. The lowest BCUT2D eigenvalue weighted by atomic mass is 10.1. The second kappa shape index (κ2) is 7.98. The molecule has 0 saturated heterocycles. The molecule has 0 aliphatic heterocycles. The van der Waals surface area contributed by atoms with Crippen LogP contribution in [-0.2, 0) is 9.53 Å². The van der Waals surface area contributed by atoms with Gasteiger partial charge < -0.3 is 4.74 Å². The van der Waals surface area contributed by atoms with Crippen molar-refractivity contribution >= 4 is 5.78 Å². The molecular formula is C12H24O2. The molecule has 0 heterocycles. The predicted molar refractivity (Wildman–Crippen MR) is 59.4 cm³/mol. The maximum atomic E-state index is 11.2. The molecule has 0 spiro atoms. The van der Waals surface area contributed by atoms with Gasteiger partial charge in [-0.2, -0.15) is 0 Å². The summed E-state index contributed by atoms with van der Waals surface area (Å²) in [5, 5.41) is 0. The highest BCUT2D eigenvalue weighted by Crippen LogP contribution is 2.06. The fourth-order valence-electron chi connectivity index (χ4n) is 1.10. The zero-order valence-electron chi connectivity index (χ0n) is 10.0. The highest BCUT2D eigenvalue weighted by Gasteiger charge is 2.06. The van der Waals surface area contributed by atoms with Gasteiger partial charge in [0.1, 0.15) is 6.61 Å². The molecule has 0 aromatic heterocycles. The second-order valence-corrected chi connectivity index (χ2v) is 4.56. The maximum absolute atomic E-state index is 11.2. The highest BCUT2D eigenvalue weighted by molar-refractivity contribution is 5.81. The van der Waals surface area contributed by atoms with Crippen LogP contribution in [0.3, 0.4) is 0 Å². The molecule has 2 heteroatoms. The quantitative estimate of drug-likeness (QED) is 0.563. The van der Waals surface area contributed by atoms with Gasteiger partial charge in [0.2, 0.25) is 0 Å². The summed E-state index contributed by atoms with van der Waals surface area (Å²) in [6, 6.07) is 0. The van der Waals surface area contributed by atoms with E-state index in [1.165, 1.54) is 12.8 Å². The Morgan fingerprint density at radius 1 is 1.14 bits per heavy atom. The molecular weight excluding hydrogens is 176 g/mol. The van der Waals surface area contributed by atoms with Crippen molar-refractivity contribution in [3.8, 4) is 0 Å². The topological polar surface area (TPSA) is 26.3 Å². The number of ether oxygens (including phenoxy) is 1. The monoisotopic (exact) mass is 200 g/mol. The van der Waals surface area contributed by atoms with Crippen LogP contribution in [0.15, 0.2) is 0 Å². The lowest BCUT2D eigenvalue weighted by Crippen LogP contribution is -2.15. The largest absolute Gasteiger partial charge is 0.374 e. The lowest BCUT2D eigenvalue weighted by molar-refractivity contribution is -0.126. The molecule has 0 aliphatic rings. The molecule has 0 saturated carbocycles. The normalized spacial score (nSPS) is 11.3. The Hall–Kier alpha value is -0.370. The Morgan fingerprint density at radius 3 is 2.29 bits per heavy atom. The standard InChI is InChI=1S/C12H24O2/c1-10(2)7-5-6-8-14-9-12(13)11(3)4/h10-11H,5-9H2,1-4H3. The minimum atomic E-state index is 0.102. The number of carbonyl (C=O) groups excluding carboxylic acids is 1. The molecule has 0 aliphatic carbocycles. The lowest BCUT2D eigenvalue weighted by Gasteiger charge is -2.06. The van der Waals surface area contributed by atoms with E-state index in [0.29, 0.717) is 6.61 Å². The summed E-state index contributed by atoms with van der Waals surface area (Å²) in [5.41, 5.74) is 0. The molecule has 0 aromatic carbocycles. The van der Waals surface area contributed by atoms with Crippen LogP contribution in [0.4, 0.5) is 0 Å². The maximum Gasteiger partial charge on any atom is 0.160 e. The first-order chi connectivity index (χ1) is 6.54. The molecule has 0 atom stereocenters. The van der Waals surface area contributed by atoms with Gasteiger partial charge in [-0.15, -0.1) is 0 Å². The smallest absolute Gasteiger partial charge is 0.160 e. The molecule has 0 fully saturated rings. The summed E-state index contributed by atoms with van der Waals surface area (Å²) < 4.78 is 5.29. The van der Waals surface area contributed by atoms with Gasteiger partial charge in [-0.3, -0.25) is 4.79 Å². The zero-order valence-corrected chi connectivity index (χ0v) is 10.0. The number of ketones is 1. The molecule has 14 heavy (non-hydrogen) atoms. The van der Waals surface area contributed by atoms with E-state index >= 15 is 0 Å². The van der Waals surface area contributed by atoms with E-state index < -0.39 is 0 Å². The SMILES string of the molecule is CC(C)CCCCOCC(=O)C(C)C. The molecule has 0 amide bonds. The summed E-state index contributed by atoms with van der Waals surface area (Å²) in [4.78, 5) is 11.2. The molecule has 2 nitrogen and oxygen atoms in total. The van der Waals surface area contributed by atoms with E-state index in [2.05, 4.69) is 13.8 Å². The van der Waals surface area contributed by atoms with Crippen molar-refractivity contribution in [2.75, 3.05) is 13.2 Å². The summed E-state index contributed by atoms with van der Waals surface area (Å²) in [5.74, 6) is 1.08. The van der Waals surface area contributed by atoms with E-state index in [1.807, 2.05) is 13.8 Å². The number of hydrogen-bond acceptors (Lipinski definition) is 2. The first kappa shape index (κ1) is 13.6. The molecule has 0 radical (unpaired) electrons. The van der Waals surface area contributed by atoms with Gasteiger partial charge in [0, 0.05) is 12.5 Å². The van der Waals surface area contributed by atoms with Gasteiger partial charge in [0.25, 0.3) is 0 Å². The first-order valence-corrected chi connectivity index (χ1v) is 5.64. The molecule has 0 bridgehead atoms. The number of rotatable bonds is 8. The fraction of sp³-hybridized carbons (Fsp3) is 0.917. The third-order valence-electron chi connectivity index (χ3n) is 2.21. The zero-order chi connectivity index (χ0) is 11.0. The van der Waals surface area contributed by atoms with Crippen LogP contribution in [0.25, 0.3) is 0 Å². The van der Waals surface area contributed by atoms with Crippen LogP contribution in [0, 0.1) is 11.8 Å². The Balaban J connectivity index is 3.18. The second-order valence-electron chi connectivity index (χ2n) is 4.56. The van der Waals surface area contributed by atoms with Gasteiger partial charge in [0.15, 0.2) is 5.78 Å². The summed E-state index contributed by atoms with van der Waals surface area (Å²) in [6.07, 6.45) is 3.53. The van der Waals surface area contributed by atoms with Crippen LogP contribution in [-0.4, -0.2) is 19.0 Å². The Kier molecular flexibility index (Phi) is 7.77. The summed E-state index contributed by atoms with van der Waals surface area (Å²) in [6.45, 7) is 9.28. The summed E-state index contributed by atoms with van der Waals surface area (Å²) in [7, 11) is 0. The molecule has 0 rings (SSSR count). The van der Waals surface area contributed by atoms with Gasteiger partial charge in [0.05, 0.1) is 0 Å². The minimum Gasteiger partial charge on any atom is -0.374 e. The van der Waals surface area contributed by atoms with E-state index in [-0.39, 0.29) is 11.7 Å². The Bertz CT molecular complexity index is 150. The average Bonchev–Trinajstić information content (AvgIpc) is 2.09. The van der Waals surface area contributed by atoms with E-state index in [1.54, 1.807) is 0 Å². The Morgan fingerprint density at radius 2 is 1.79 bits per heavy atom. The first-order valence-electron chi connectivity index (χ1n) is 5.64. The van der Waals surface area contributed by atoms with Crippen LogP contribution in [0.5, 0.6) is 0 Å². The number of unbranched alkanes of at least 4 members (excludes halogenated alkanes) is 1. The molecule has 0 N–H and O–H groups in total. The van der Waals surface area contributed by atoms with Crippen LogP contribution < -0.4 is 0 Å². The van der Waals surface area contributed by atoms with E-state index in [4.69, 9.17) is 4.74 Å². The van der Waals surface area contributed by atoms with Crippen LogP contribution >= 0.6 is 0 Å². The third kappa shape index (κ3) is 8.24. The van der Waals surface area contributed by atoms with Crippen molar-refractivity contribution in [3.05, 3.63) is 0 Å². The average molecular weight is 200 g/mol. The van der Waals surface area contributed by atoms with Crippen molar-refractivity contribution in [2.24, 2.45) is 11.8 Å². The van der Waals surface area contributed by atoms with Gasteiger partial charge in [-0.1, -0.05) is 40.5 Å². The molecule has 0 unspecified atom stereocenters. The minimum absolute atomic E-state index is 0.102. The fourth-order valence-corrected chi connectivity index (χ4v) is 1.10. The predicted octanol–water partition coefficient (Wildman–Crippen LogP) is 3.05. The van der Waals surface area contributed by atoms with Crippen molar-refractivity contribution in [1.29, 1.82) is 0 Å². The van der Waals surface area contributed by atoms with Gasteiger partial charge in [-0.25, -0.2) is 0 Å². The number of Topliss-reactive ketones (excluding diaryl/α,β-unsaturated/α-hetero) is 1. The van der Waals surface area contributed by atoms with Crippen molar-refractivity contribution < 1.29 is 9.53 Å². The molecule has 84 valence electrons. The van der Waals surface area contributed by atoms with Crippen molar-refractivity contribution in [3.63, 3.8) is 0 Å². The number of carbonyl (C=O) groups is 1. The van der Waals surface area contributed by atoms with E-state index in [9.17, 15) is 4.79 Å². The van der Waals surface area contributed by atoms with Gasteiger partial charge in [-0.05, 0) is 12.3 Å². The Labute approximate surface area is 88.0 Å². The van der Waals surface area contributed by atoms with Crippen molar-refractivity contribution in [2.45, 2.75) is 47.0 Å². The molecule has 0 aromatic rings. The highest BCUT2D eigenvalue weighted by atomic mass is 16.5. The van der Waals surface area contributed by atoms with Gasteiger partial charge >= 0.3 is 0 Å². The van der Waals surface area contributed by atoms with Crippen LogP contribution in [0.1, 0.15) is 47.0 Å². The summed E-state index contributed by atoms with van der Waals surface area (Å²) >= 11 is 0.